The van der Waals surface area contributed by atoms with Crippen molar-refractivity contribution in [1.29, 1.82) is 0 Å². The van der Waals surface area contributed by atoms with E-state index in [-0.39, 0.29) is 4.90 Å². The van der Waals surface area contributed by atoms with Crippen LogP contribution in [-0.4, -0.2) is 29.6 Å². The van der Waals surface area contributed by atoms with Crippen LogP contribution in [0.5, 0.6) is 0 Å². The van der Waals surface area contributed by atoms with E-state index in [9.17, 15) is 16.8 Å². The summed E-state index contributed by atoms with van der Waals surface area (Å²) in [7, 11) is -7.17. The Morgan fingerprint density at radius 3 is 2.38 bits per heavy atom. The number of rotatable bonds is 4. The molecule has 0 aromatic heterocycles. The van der Waals surface area contributed by atoms with Gasteiger partial charge in [0.1, 0.15) is 0 Å². The number of fused-ring (bicyclic) bond motifs is 1. The molecule has 0 amide bonds. The summed E-state index contributed by atoms with van der Waals surface area (Å²) >= 11 is 0. The zero-order chi connectivity index (χ0) is 19.1. The summed E-state index contributed by atoms with van der Waals surface area (Å²) in [4.78, 5) is 0.209. The van der Waals surface area contributed by atoms with Gasteiger partial charge >= 0.3 is 0 Å². The van der Waals surface area contributed by atoms with Crippen molar-refractivity contribution in [3.05, 3.63) is 53.1 Å². The van der Waals surface area contributed by atoms with Gasteiger partial charge in [-0.25, -0.2) is 16.8 Å². The molecule has 0 saturated heterocycles. The second-order valence-electron chi connectivity index (χ2n) is 6.66. The van der Waals surface area contributed by atoms with Gasteiger partial charge in [0.15, 0.2) is 0 Å². The van der Waals surface area contributed by atoms with Gasteiger partial charge in [0.05, 0.1) is 22.5 Å². The molecule has 2 aromatic rings. The van der Waals surface area contributed by atoms with Gasteiger partial charge in [0, 0.05) is 6.54 Å². The number of benzene rings is 2. The molecule has 3 rings (SSSR count). The predicted molar refractivity (Wildman–Crippen MR) is 104 cm³/mol. The lowest BCUT2D eigenvalue weighted by molar-refractivity contribution is 0.592. The highest BCUT2D eigenvalue weighted by Crippen LogP contribution is 2.32. The van der Waals surface area contributed by atoms with Crippen molar-refractivity contribution in [3.63, 3.8) is 0 Å². The summed E-state index contributed by atoms with van der Waals surface area (Å²) in [5.41, 5.74) is 3.43. The Hall–Kier alpha value is -2.06. The van der Waals surface area contributed by atoms with E-state index in [1.165, 1.54) is 4.31 Å². The molecule has 0 fully saturated rings. The molecule has 1 aliphatic heterocycles. The lowest BCUT2D eigenvalue weighted by atomic mass is 10.0. The van der Waals surface area contributed by atoms with E-state index in [0.29, 0.717) is 23.5 Å². The van der Waals surface area contributed by atoms with Gasteiger partial charge in [-0.1, -0.05) is 23.8 Å². The maximum absolute atomic E-state index is 12.7. The van der Waals surface area contributed by atoms with E-state index >= 15 is 0 Å². The van der Waals surface area contributed by atoms with Crippen molar-refractivity contribution in [1.82, 2.24) is 0 Å². The number of hydrogen-bond acceptors (Lipinski definition) is 4. The van der Waals surface area contributed by atoms with Crippen LogP contribution in [0.15, 0.2) is 41.3 Å². The molecule has 6 nitrogen and oxygen atoms in total. The Bertz CT molecular complexity index is 1060. The SMILES string of the molecule is Cc1ccc(S(=O)(=O)Nc2ccc3c(c2)N(S(C)(=O)=O)CCC3)c(C)c1. The first kappa shape index (κ1) is 18.7. The second-order valence-corrected chi connectivity index (χ2v) is 10.2. The van der Waals surface area contributed by atoms with Crippen LogP contribution in [0.4, 0.5) is 11.4 Å². The van der Waals surface area contributed by atoms with Crippen LogP contribution < -0.4 is 9.03 Å². The minimum Gasteiger partial charge on any atom is -0.280 e. The smallest absolute Gasteiger partial charge is 0.262 e. The number of sulfonamides is 2. The summed E-state index contributed by atoms with van der Waals surface area (Å²) < 4.78 is 53.4. The fraction of sp³-hybridized carbons (Fsp3) is 0.333. The summed E-state index contributed by atoms with van der Waals surface area (Å²) in [6.07, 6.45) is 2.67. The van der Waals surface area contributed by atoms with Gasteiger partial charge in [0.25, 0.3) is 10.0 Å². The van der Waals surface area contributed by atoms with Crippen molar-refractivity contribution in [2.24, 2.45) is 0 Å². The fourth-order valence-corrected chi connectivity index (χ4v) is 5.53. The molecular weight excluding hydrogens is 372 g/mol. The molecular formula is C18H22N2O4S2. The third-order valence-corrected chi connectivity index (χ3v) is 7.16. The van der Waals surface area contributed by atoms with E-state index in [2.05, 4.69) is 4.72 Å². The highest BCUT2D eigenvalue weighted by Gasteiger charge is 2.25. The molecule has 1 aliphatic rings. The average Bonchev–Trinajstić information content (AvgIpc) is 2.52. The molecule has 140 valence electrons. The maximum Gasteiger partial charge on any atom is 0.262 e. The Labute approximate surface area is 155 Å². The molecule has 1 heterocycles. The molecule has 0 aliphatic carbocycles. The van der Waals surface area contributed by atoms with E-state index in [4.69, 9.17) is 0 Å². The third-order valence-electron chi connectivity index (χ3n) is 4.43. The largest absolute Gasteiger partial charge is 0.280 e. The standard InChI is InChI=1S/C18H22N2O4S2/c1-13-6-9-18(14(2)11-13)26(23,24)19-16-8-7-15-5-4-10-20(17(15)12-16)25(3,21)22/h6-9,11-12,19H,4-5,10H2,1-3H3. The second kappa shape index (κ2) is 6.59. The van der Waals surface area contributed by atoms with E-state index < -0.39 is 20.0 Å². The van der Waals surface area contributed by atoms with Crippen molar-refractivity contribution < 1.29 is 16.8 Å². The Morgan fingerprint density at radius 2 is 1.73 bits per heavy atom. The van der Waals surface area contributed by atoms with Gasteiger partial charge in [-0.2, -0.15) is 0 Å². The molecule has 0 saturated carbocycles. The van der Waals surface area contributed by atoms with Crippen LogP contribution in [0.1, 0.15) is 23.1 Å². The van der Waals surface area contributed by atoms with Gasteiger partial charge in [-0.15, -0.1) is 0 Å². The lowest BCUT2D eigenvalue weighted by Gasteiger charge is -2.29. The first-order chi connectivity index (χ1) is 12.1. The van der Waals surface area contributed by atoms with Crippen LogP contribution >= 0.6 is 0 Å². The zero-order valence-electron chi connectivity index (χ0n) is 15.0. The van der Waals surface area contributed by atoms with Crippen molar-refractivity contribution in [3.8, 4) is 0 Å². The van der Waals surface area contributed by atoms with Crippen LogP contribution in [-0.2, 0) is 26.5 Å². The Balaban J connectivity index is 1.98. The molecule has 0 unspecified atom stereocenters. The Morgan fingerprint density at radius 1 is 1.00 bits per heavy atom. The number of nitrogens with one attached hydrogen (secondary N) is 1. The molecule has 0 spiro atoms. The van der Waals surface area contributed by atoms with E-state index in [1.807, 2.05) is 13.0 Å². The lowest BCUT2D eigenvalue weighted by Crippen LogP contribution is -2.34. The quantitative estimate of drug-likeness (QED) is 0.864. The van der Waals surface area contributed by atoms with Gasteiger partial charge in [0.2, 0.25) is 10.0 Å². The van der Waals surface area contributed by atoms with Crippen LogP contribution in [0, 0.1) is 13.8 Å². The first-order valence-electron chi connectivity index (χ1n) is 8.29. The third kappa shape index (κ3) is 3.71. The van der Waals surface area contributed by atoms with Gasteiger partial charge < -0.3 is 0 Å². The van der Waals surface area contributed by atoms with Gasteiger partial charge in [-0.05, 0) is 56.0 Å². The van der Waals surface area contributed by atoms with E-state index in [1.54, 1.807) is 37.3 Å². The number of aryl methyl sites for hydroxylation is 3. The predicted octanol–water partition coefficient (Wildman–Crippen LogP) is 2.82. The highest BCUT2D eigenvalue weighted by atomic mass is 32.2. The summed E-state index contributed by atoms with van der Waals surface area (Å²) in [5.74, 6) is 0. The van der Waals surface area contributed by atoms with Crippen molar-refractivity contribution in [2.75, 3.05) is 21.8 Å². The number of hydrogen-bond donors (Lipinski definition) is 1. The maximum atomic E-state index is 12.7. The van der Waals surface area contributed by atoms with Crippen molar-refractivity contribution in [2.45, 2.75) is 31.6 Å². The molecule has 1 N–H and O–H groups in total. The molecule has 0 atom stereocenters. The average molecular weight is 395 g/mol. The normalized spacial score (nSPS) is 14.8. The number of anilines is 2. The molecule has 26 heavy (non-hydrogen) atoms. The molecule has 0 bridgehead atoms. The van der Waals surface area contributed by atoms with Crippen LogP contribution in [0.2, 0.25) is 0 Å². The topological polar surface area (TPSA) is 83.6 Å². The number of nitrogens with zero attached hydrogens (tertiary/aromatic N) is 1. The highest BCUT2D eigenvalue weighted by molar-refractivity contribution is 7.93. The Kier molecular flexibility index (Phi) is 4.74. The van der Waals surface area contributed by atoms with Crippen LogP contribution in [0.25, 0.3) is 0 Å². The monoisotopic (exact) mass is 394 g/mol. The minimum atomic E-state index is -3.76. The first-order valence-corrected chi connectivity index (χ1v) is 11.6. The molecule has 2 aromatic carbocycles. The van der Waals surface area contributed by atoms with E-state index in [0.717, 1.165) is 30.2 Å². The van der Waals surface area contributed by atoms with Crippen molar-refractivity contribution >= 4 is 31.4 Å². The minimum absolute atomic E-state index is 0.209. The van der Waals surface area contributed by atoms with Gasteiger partial charge in [-0.3, -0.25) is 9.03 Å². The summed E-state index contributed by atoms with van der Waals surface area (Å²) in [6, 6.07) is 10.2. The summed E-state index contributed by atoms with van der Waals surface area (Å²) in [6.45, 7) is 4.05. The summed E-state index contributed by atoms with van der Waals surface area (Å²) in [5, 5.41) is 0. The fourth-order valence-electron chi connectivity index (χ4n) is 3.26. The molecule has 0 radical (unpaired) electrons. The zero-order valence-corrected chi connectivity index (χ0v) is 16.6. The van der Waals surface area contributed by atoms with Crippen LogP contribution in [0.3, 0.4) is 0 Å². The molecule has 8 heteroatoms.